The van der Waals surface area contributed by atoms with Gasteiger partial charge in [-0.1, -0.05) is 17.8 Å². The van der Waals surface area contributed by atoms with Gasteiger partial charge in [0.2, 0.25) is 0 Å². The molecule has 2 aromatic heterocycles. The lowest BCUT2D eigenvalue weighted by atomic mass is 10.1. The van der Waals surface area contributed by atoms with Crippen molar-refractivity contribution in [1.29, 1.82) is 0 Å². The van der Waals surface area contributed by atoms with Crippen LogP contribution in [-0.4, -0.2) is 33.6 Å². The smallest absolute Gasteiger partial charge is 0.263 e. The number of anilines is 1. The number of nitrogens with zero attached hydrogens (tertiary/aromatic N) is 2. The van der Waals surface area contributed by atoms with Gasteiger partial charge in [-0.25, -0.2) is 4.98 Å². The van der Waals surface area contributed by atoms with Crippen molar-refractivity contribution in [2.24, 2.45) is 0 Å². The molecule has 0 bridgehead atoms. The third kappa shape index (κ3) is 3.57. The first kappa shape index (κ1) is 20.0. The molecule has 0 saturated heterocycles. The normalized spacial score (nSPS) is 14.6. The quantitative estimate of drug-likeness (QED) is 0.266. The van der Waals surface area contributed by atoms with Crippen LogP contribution in [0.25, 0.3) is 10.2 Å². The number of allylic oxidation sites excluding steroid dienone is 1. The Labute approximate surface area is 186 Å². The van der Waals surface area contributed by atoms with Crippen molar-refractivity contribution in [1.82, 2.24) is 9.55 Å². The zero-order valence-electron chi connectivity index (χ0n) is 16.6. The number of thiophene rings is 1. The van der Waals surface area contributed by atoms with Gasteiger partial charge >= 0.3 is 0 Å². The second-order valence-corrected chi connectivity index (χ2v) is 9.42. The van der Waals surface area contributed by atoms with Crippen molar-refractivity contribution in [3.05, 3.63) is 57.2 Å². The lowest BCUT2D eigenvalue weighted by molar-refractivity contribution is -0.118. The van der Waals surface area contributed by atoms with Gasteiger partial charge in [0.05, 0.1) is 16.8 Å². The number of nitrogens with one attached hydrogen (secondary N) is 1. The van der Waals surface area contributed by atoms with E-state index < -0.39 is 0 Å². The van der Waals surface area contributed by atoms with Crippen molar-refractivity contribution in [2.75, 3.05) is 17.7 Å². The van der Waals surface area contributed by atoms with E-state index in [0.717, 1.165) is 35.0 Å². The molecule has 1 N–H and O–H groups in total. The number of thioether (sulfide) groups is 1. The molecule has 0 unspecified atom stereocenters. The summed E-state index contributed by atoms with van der Waals surface area (Å²) < 4.78 is 6.93. The fraction of sp³-hybridized carbons (Fsp3) is 0.273. The van der Waals surface area contributed by atoms with Crippen LogP contribution in [0.2, 0.25) is 0 Å². The Morgan fingerprint density at radius 3 is 3.06 bits per heavy atom. The largest absolute Gasteiger partial charge is 0.482 e. The SMILES string of the molecule is C=CCn1c(SCC(=O)c2ccc3c(c2)NC(=O)CO3)nc2sc3c(c2c1=O)CCC3. The molecule has 3 aromatic rings. The molecule has 1 aliphatic carbocycles. The van der Waals surface area contributed by atoms with Crippen molar-refractivity contribution in [3.8, 4) is 5.75 Å². The topological polar surface area (TPSA) is 90.3 Å². The molecule has 0 fully saturated rings. The summed E-state index contributed by atoms with van der Waals surface area (Å²) in [5, 5.41) is 3.95. The predicted octanol–water partition coefficient (Wildman–Crippen LogP) is 3.44. The molecule has 7 nitrogen and oxygen atoms in total. The molecule has 31 heavy (non-hydrogen) atoms. The van der Waals surface area contributed by atoms with Crippen LogP contribution in [0.1, 0.15) is 27.2 Å². The van der Waals surface area contributed by atoms with Gasteiger partial charge in [-0.3, -0.25) is 19.0 Å². The van der Waals surface area contributed by atoms with Crippen LogP contribution in [0.15, 0.2) is 40.8 Å². The Balaban J connectivity index is 1.43. The minimum absolute atomic E-state index is 0.0305. The highest BCUT2D eigenvalue weighted by atomic mass is 32.2. The van der Waals surface area contributed by atoms with Crippen LogP contribution >= 0.6 is 23.1 Å². The molecule has 0 atom stereocenters. The predicted molar refractivity (Wildman–Crippen MR) is 122 cm³/mol. The highest BCUT2D eigenvalue weighted by Crippen LogP contribution is 2.36. The fourth-order valence-electron chi connectivity index (χ4n) is 3.93. The van der Waals surface area contributed by atoms with Gasteiger partial charge in [-0.2, -0.15) is 0 Å². The average molecular weight is 454 g/mol. The van der Waals surface area contributed by atoms with Crippen LogP contribution in [0.5, 0.6) is 5.75 Å². The maximum atomic E-state index is 13.2. The number of hydrogen-bond acceptors (Lipinski definition) is 7. The third-order valence-corrected chi connectivity index (χ3v) is 7.53. The Kier molecular flexibility index (Phi) is 5.15. The molecule has 0 saturated carbocycles. The first-order valence-corrected chi connectivity index (χ1v) is 11.7. The fourth-order valence-corrected chi connectivity index (χ4v) is 6.13. The van der Waals surface area contributed by atoms with E-state index >= 15 is 0 Å². The van der Waals surface area contributed by atoms with Crippen LogP contribution < -0.4 is 15.6 Å². The number of carbonyl (C=O) groups is 2. The summed E-state index contributed by atoms with van der Waals surface area (Å²) >= 11 is 2.83. The van der Waals surface area contributed by atoms with E-state index in [-0.39, 0.29) is 29.6 Å². The molecule has 158 valence electrons. The first-order chi connectivity index (χ1) is 15.0. The maximum Gasteiger partial charge on any atom is 0.263 e. The number of hydrogen-bond donors (Lipinski definition) is 1. The van der Waals surface area contributed by atoms with E-state index in [2.05, 4.69) is 11.9 Å². The van der Waals surface area contributed by atoms with E-state index in [0.29, 0.717) is 28.7 Å². The monoisotopic (exact) mass is 453 g/mol. The molecule has 2 aliphatic rings. The number of rotatable bonds is 6. The maximum absolute atomic E-state index is 13.2. The molecular weight excluding hydrogens is 434 g/mol. The van der Waals surface area contributed by atoms with Crippen LogP contribution in [0, 0.1) is 0 Å². The summed E-state index contributed by atoms with van der Waals surface area (Å²) in [5.41, 5.74) is 2.03. The molecule has 0 radical (unpaired) electrons. The highest BCUT2D eigenvalue weighted by molar-refractivity contribution is 7.99. The number of aromatic nitrogens is 2. The molecule has 9 heteroatoms. The van der Waals surface area contributed by atoms with E-state index in [1.54, 1.807) is 40.2 Å². The highest BCUT2D eigenvalue weighted by Gasteiger charge is 2.24. The van der Waals surface area contributed by atoms with Gasteiger partial charge in [0.1, 0.15) is 10.6 Å². The van der Waals surface area contributed by atoms with Crippen molar-refractivity contribution in [2.45, 2.75) is 31.0 Å². The summed E-state index contributed by atoms with van der Waals surface area (Å²) in [7, 11) is 0. The molecule has 1 amide bonds. The minimum atomic E-state index is -0.250. The molecule has 5 rings (SSSR count). The van der Waals surface area contributed by atoms with Crippen molar-refractivity contribution >= 4 is 50.7 Å². The van der Waals surface area contributed by atoms with Crippen molar-refractivity contribution in [3.63, 3.8) is 0 Å². The zero-order valence-corrected chi connectivity index (χ0v) is 18.2. The van der Waals surface area contributed by atoms with Gasteiger partial charge < -0.3 is 10.1 Å². The van der Waals surface area contributed by atoms with E-state index in [4.69, 9.17) is 9.72 Å². The molecule has 1 aromatic carbocycles. The number of fused-ring (bicyclic) bond motifs is 4. The number of benzene rings is 1. The second-order valence-electron chi connectivity index (χ2n) is 7.40. The van der Waals surface area contributed by atoms with Crippen LogP contribution in [0.4, 0.5) is 5.69 Å². The number of amides is 1. The number of ketones is 1. The molecular formula is C22H19N3O4S2. The van der Waals surface area contributed by atoms with Gasteiger partial charge in [0.15, 0.2) is 17.5 Å². The molecule has 1 aliphatic heterocycles. The summed E-state index contributed by atoms with van der Waals surface area (Å²) in [6.45, 7) is 4.07. The standard InChI is InChI=1S/C22H19N3O4S2/c1-2-8-25-21(28)19-13-4-3-5-17(13)31-20(19)24-22(25)30-11-15(26)12-6-7-16-14(9-12)23-18(27)10-29-16/h2,6-7,9H,1,3-5,8,10-11H2,(H,23,27). The van der Waals surface area contributed by atoms with E-state index in [9.17, 15) is 14.4 Å². The first-order valence-electron chi connectivity index (χ1n) is 9.94. The lowest BCUT2D eigenvalue weighted by Gasteiger charge is -2.18. The Morgan fingerprint density at radius 1 is 1.35 bits per heavy atom. The summed E-state index contributed by atoms with van der Waals surface area (Å²) in [6, 6.07) is 4.97. The van der Waals surface area contributed by atoms with Crippen molar-refractivity contribution < 1.29 is 14.3 Å². The van der Waals surface area contributed by atoms with Gasteiger partial charge in [0, 0.05) is 17.0 Å². The minimum Gasteiger partial charge on any atom is -0.482 e. The number of ether oxygens (including phenoxy) is 1. The zero-order chi connectivity index (χ0) is 21.5. The van der Waals surface area contributed by atoms with Gasteiger partial charge in [-0.05, 0) is 43.0 Å². The second kappa shape index (κ2) is 7.97. The average Bonchev–Trinajstić information content (AvgIpc) is 3.34. The number of Topliss-reactive ketones (excluding diaryl/α,β-unsaturated/α-hetero) is 1. The summed E-state index contributed by atoms with van der Waals surface area (Å²) in [4.78, 5) is 44.3. The summed E-state index contributed by atoms with van der Waals surface area (Å²) in [6.07, 6.45) is 4.66. The van der Waals surface area contributed by atoms with E-state index in [1.165, 1.54) is 16.6 Å². The Hall–Kier alpha value is -2.91. The Morgan fingerprint density at radius 2 is 2.23 bits per heavy atom. The van der Waals surface area contributed by atoms with Crippen LogP contribution in [-0.2, 0) is 24.2 Å². The number of carbonyl (C=O) groups excluding carboxylic acids is 2. The molecule has 3 heterocycles. The van der Waals surface area contributed by atoms with Gasteiger partial charge in [-0.15, -0.1) is 17.9 Å². The number of aryl methyl sites for hydroxylation is 2. The summed E-state index contributed by atoms with van der Waals surface area (Å²) in [5.74, 6) is 0.288. The lowest BCUT2D eigenvalue weighted by Crippen LogP contribution is -2.25. The Bertz CT molecular complexity index is 1310. The van der Waals surface area contributed by atoms with E-state index in [1.807, 2.05) is 0 Å². The van der Waals surface area contributed by atoms with Crippen LogP contribution in [0.3, 0.4) is 0 Å². The third-order valence-electron chi connectivity index (χ3n) is 5.37. The molecule has 0 spiro atoms. The van der Waals surface area contributed by atoms with Gasteiger partial charge in [0.25, 0.3) is 11.5 Å².